The van der Waals surface area contributed by atoms with E-state index >= 15 is 0 Å². The summed E-state index contributed by atoms with van der Waals surface area (Å²) < 4.78 is 1.88. The van der Waals surface area contributed by atoms with Crippen LogP contribution in [0.4, 0.5) is 0 Å². The third-order valence-electron chi connectivity index (χ3n) is 5.95. The fraction of sp³-hybridized carbons (Fsp3) is 0.450. The molecule has 8 heteroatoms. The number of aromatic amines is 1. The lowest BCUT2D eigenvalue weighted by Gasteiger charge is -2.28. The van der Waals surface area contributed by atoms with Crippen molar-refractivity contribution in [3.05, 3.63) is 52.6 Å². The first kappa shape index (κ1) is 17.1. The van der Waals surface area contributed by atoms with Gasteiger partial charge in [0.15, 0.2) is 0 Å². The molecule has 1 aromatic carbocycles. The summed E-state index contributed by atoms with van der Waals surface area (Å²) in [6.45, 7) is 0.623. The molecule has 1 aliphatic carbocycles. The summed E-state index contributed by atoms with van der Waals surface area (Å²) in [5.74, 6) is 0.740. The molecule has 0 radical (unpaired) electrons. The van der Waals surface area contributed by atoms with Crippen LogP contribution in [0, 0.1) is 0 Å². The van der Waals surface area contributed by atoms with E-state index in [0.717, 1.165) is 38.5 Å². The van der Waals surface area contributed by atoms with Crippen LogP contribution in [0.2, 0.25) is 0 Å². The number of benzene rings is 1. The van der Waals surface area contributed by atoms with Crippen LogP contribution in [0.5, 0.6) is 0 Å². The molecule has 2 aromatic heterocycles. The summed E-state index contributed by atoms with van der Waals surface area (Å²) in [7, 11) is 0. The minimum absolute atomic E-state index is 0.00599. The van der Waals surface area contributed by atoms with Crippen LogP contribution in [0.15, 0.2) is 35.4 Å². The predicted molar refractivity (Wildman–Crippen MR) is 103 cm³/mol. The second-order valence-corrected chi connectivity index (χ2v) is 7.59. The van der Waals surface area contributed by atoms with E-state index in [2.05, 4.69) is 15.2 Å². The Morgan fingerprint density at radius 2 is 1.93 bits per heavy atom. The lowest BCUT2D eigenvalue weighted by molar-refractivity contribution is 0.0713. The Morgan fingerprint density at radius 3 is 2.71 bits per heavy atom. The number of amides is 1. The first-order chi connectivity index (χ1) is 13.7. The number of carbonyl (C=O) groups excluding carboxylic acids is 1. The molecule has 2 aliphatic rings. The maximum Gasteiger partial charge on any atom is 0.291 e. The molecule has 0 bridgehead atoms. The number of hydrogen-bond acceptors (Lipinski definition) is 5. The van der Waals surface area contributed by atoms with Crippen LogP contribution >= 0.6 is 0 Å². The Bertz CT molecular complexity index is 1070. The number of rotatable bonds is 3. The third-order valence-corrected chi connectivity index (χ3v) is 5.95. The Kier molecular flexibility index (Phi) is 4.18. The van der Waals surface area contributed by atoms with Crippen LogP contribution in [0.1, 0.15) is 67.1 Å². The van der Waals surface area contributed by atoms with Crippen molar-refractivity contribution in [1.82, 2.24) is 29.6 Å². The third kappa shape index (κ3) is 2.71. The van der Waals surface area contributed by atoms with Gasteiger partial charge in [-0.3, -0.25) is 19.3 Å². The van der Waals surface area contributed by atoms with Gasteiger partial charge in [-0.25, -0.2) is 9.97 Å². The fourth-order valence-electron chi connectivity index (χ4n) is 4.64. The molecule has 1 N–H and O–H groups in total. The van der Waals surface area contributed by atoms with Crippen molar-refractivity contribution in [2.45, 2.75) is 50.6 Å². The maximum atomic E-state index is 13.4. The van der Waals surface area contributed by atoms with E-state index < -0.39 is 0 Å². The summed E-state index contributed by atoms with van der Waals surface area (Å²) in [5.41, 5.74) is 0.696. The monoisotopic (exact) mass is 378 g/mol. The van der Waals surface area contributed by atoms with Crippen LogP contribution in [-0.4, -0.2) is 42.1 Å². The van der Waals surface area contributed by atoms with Crippen molar-refractivity contribution in [1.29, 1.82) is 0 Å². The molecule has 5 rings (SSSR count). The van der Waals surface area contributed by atoms with Crippen LogP contribution in [0.3, 0.4) is 0 Å². The highest BCUT2D eigenvalue weighted by molar-refractivity contribution is 5.90. The average molecular weight is 378 g/mol. The zero-order chi connectivity index (χ0) is 19.1. The molecule has 1 saturated carbocycles. The molecule has 1 unspecified atom stereocenters. The van der Waals surface area contributed by atoms with Gasteiger partial charge in [0, 0.05) is 12.6 Å². The Hall–Kier alpha value is -3.03. The van der Waals surface area contributed by atoms with Gasteiger partial charge in [0.1, 0.15) is 12.2 Å². The summed E-state index contributed by atoms with van der Waals surface area (Å²) in [6, 6.07) is 7.41. The highest BCUT2D eigenvalue weighted by Crippen LogP contribution is 2.36. The molecular formula is C20H22N6O2. The first-order valence-electron chi connectivity index (χ1n) is 9.91. The molecule has 2 fully saturated rings. The number of hydrogen-bond donors (Lipinski definition) is 1. The smallest absolute Gasteiger partial charge is 0.291 e. The second-order valence-electron chi connectivity index (χ2n) is 7.59. The van der Waals surface area contributed by atoms with Gasteiger partial charge in [-0.1, -0.05) is 25.0 Å². The zero-order valence-electron chi connectivity index (χ0n) is 15.5. The number of para-hydroxylation sites is 1. The van der Waals surface area contributed by atoms with E-state index in [0.29, 0.717) is 23.3 Å². The van der Waals surface area contributed by atoms with E-state index in [1.165, 1.54) is 6.33 Å². The lowest BCUT2D eigenvalue weighted by Crippen LogP contribution is -2.37. The van der Waals surface area contributed by atoms with Crippen LogP contribution in [-0.2, 0) is 0 Å². The minimum Gasteiger partial charge on any atom is -0.326 e. The number of fused-ring (bicyclic) bond motifs is 1. The predicted octanol–water partition coefficient (Wildman–Crippen LogP) is 2.61. The molecule has 1 aliphatic heterocycles. The number of nitrogens with zero attached hydrogens (tertiary/aromatic N) is 5. The van der Waals surface area contributed by atoms with Crippen molar-refractivity contribution >= 4 is 16.8 Å². The first-order valence-corrected chi connectivity index (χ1v) is 9.91. The largest absolute Gasteiger partial charge is 0.326 e. The molecule has 8 nitrogen and oxygen atoms in total. The van der Waals surface area contributed by atoms with Gasteiger partial charge in [0.05, 0.1) is 16.9 Å². The normalized spacial score (nSPS) is 20.3. The standard InChI is InChI=1S/C20H22N6O2/c27-19-14-8-3-4-9-15(14)23-18(26(19)13-6-1-2-7-13)16-10-5-11-25(16)20(28)17-21-12-22-24-17/h3-4,8-9,12-13,16H,1-2,5-7,10-11H2,(H,21,22,24). The Morgan fingerprint density at radius 1 is 1.11 bits per heavy atom. The van der Waals surface area contributed by atoms with E-state index in [9.17, 15) is 9.59 Å². The topological polar surface area (TPSA) is 96.8 Å². The van der Waals surface area contributed by atoms with Crippen LogP contribution < -0.4 is 5.56 Å². The molecule has 28 heavy (non-hydrogen) atoms. The van der Waals surface area contributed by atoms with Crippen molar-refractivity contribution < 1.29 is 4.79 Å². The molecule has 3 aromatic rings. The second kappa shape index (κ2) is 6.85. The number of H-pyrrole nitrogens is 1. The van der Waals surface area contributed by atoms with Crippen molar-refractivity contribution in [2.24, 2.45) is 0 Å². The van der Waals surface area contributed by atoms with E-state index in [1.54, 1.807) is 4.90 Å². The van der Waals surface area contributed by atoms with E-state index in [4.69, 9.17) is 4.98 Å². The van der Waals surface area contributed by atoms with Gasteiger partial charge >= 0.3 is 0 Å². The number of carbonyl (C=O) groups is 1. The quantitative estimate of drug-likeness (QED) is 0.756. The average Bonchev–Trinajstić information content (AvgIpc) is 3.49. The van der Waals surface area contributed by atoms with E-state index in [1.807, 2.05) is 28.8 Å². The highest BCUT2D eigenvalue weighted by atomic mass is 16.2. The molecular weight excluding hydrogens is 356 g/mol. The summed E-state index contributed by atoms with van der Waals surface area (Å²) in [6.07, 6.45) is 7.20. The maximum absolute atomic E-state index is 13.4. The van der Waals surface area contributed by atoms with Crippen molar-refractivity contribution in [3.63, 3.8) is 0 Å². The molecule has 3 heterocycles. The molecule has 1 atom stereocenters. The summed E-state index contributed by atoms with van der Waals surface area (Å²) in [4.78, 5) is 37.0. The zero-order valence-corrected chi connectivity index (χ0v) is 15.5. The lowest BCUT2D eigenvalue weighted by atomic mass is 10.1. The number of aromatic nitrogens is 5. The van der Waals surface area contributed by atoms with Crippen molar-refractivity contribution in [3.8, 4) is 0 Å². The van der Waals surface area contributed by atoms with Gasteiger partial charge in [-0.2, -0.15) is 5.10 Å². The van der Waals surface area contributed by atoms with Crippen LogP contribution in [0.25, 0.3) is 10.9 Å². The van der Waals surface area contributed by atoms with Gasteiger partial charge in [-0.15, -0.1) is 0 Å². The summed E-state index contributed by atoms with van der Waals surface area (Å²) >= 11 is 0. The fourth-order valence-corrected chi connectivity index (χ4v) is 4.64. The Balaban J connectivity index is 1.65. The minimum atomic E-state index is -0.226. The van der Waals surface area contributed by atoms with Gasteiger partial charge < -0.3 is 4.90 Å². The van der Waals surface area contributed by atoms with Gasteiger partial charge in [-0.05, 0) is 37.8 Å². The van der Waals surface area contributed by atoms with Gasteiger partial charge in [0.25, 0.3) is 11.5 Å². The molecule has 1 amide bonds. The Labute approximate surface area is 161 Å². The molecule has 144 valence electrons. The van der Waals surface area contributed by atoms with Crippen molar-refractivity contribution in [2.75, 3.05) is 6.54 Å². The molecule has 0 spiro atoms. The SMILES string of the molecule is O=C(c1ncn[nH]1)N1CCCC1c1nc2ccccc2c(=O)n1C1CCCC1. The van der Waals surface area contributed by atoms with Gasteiger partial charge in [0.2, 0.25) is 5.82 Å². The van der Waals surface area contributed by atoms with E-state index in [-0.39, 0.29) is 29.4 Å². The highest BCUT2D eigenvalue weighted by Gasteiger charge is 2.36. The number of likely N-dealkylation sites (tertiary alicyclic amines) is 1. The molecule has 1 saturated heterocycles. The number of nitrogens with one attached hydrogen (secondary N) is 1. The summed E-state index contributed by atoms with van der Waals surface area (Å²) in [5, 5.41) is 7.09.